The second kappa shape index (κ2) is 8.81. The number of ether oxygens (including phenoxy) is 3. The zero-order valence-electron chi connectivity index (χ0n) is 19.6. The van der Waals surface area contributed by atoms with Crippen molar-refractivity contribution in [2.45, 2.75) is 30.8 Å². The number of nitrogens with one attached hydrogen (secondary N) is 2. The van der Waals surface area contributed by atoms with E-state index in [1.807, 2.05) is 36.4 Å². The molecule has 2 aromatic carbocycles. The SMILES string of the molecule is O=C1NCCc2cc(-c3ccc(-c4nc5nc(O[C@@H]6CO[C@H]7[C@@H]6OC[C@H]7O)[nH]c5cc4Cl)cc3)ccc21. The molecule has 9 nitrogen and oxygen atoms in total. The first-order chi connectivity index (χ1) is 18.0. The number of H-pyrrole nitrogens is 1. The number of amides is 1. The number of rotatable bonds is 4. The molecule has 0 saturated carbocycles. The van der Waals surface area contributed by atoms with Gasteiger partial charge in [-0.2, -0.15) is 4.98 Å². The van der Waals surface area contributed by atoms with Gasteiger partial charge in [-0.25, -0.2) is 4.98 Å². The van der Waals surface area contributed by atoms with Crippen molar-refractivity contribution in [3.8, 4) is 28.4 Å². The van der Waals surface area contributed by atoms with Crippen molar-refractivity contribution in [2.24, 2.45) is 0 Å². The maximum atomic E-state index is 12.0. The van der Waals surface area contributed by atoms with Crippen LogP contribution in [0.25, 0.3) is 33.5 Å². The minimum Gasteiger partial charge on any atom is -0.456 e. The fourth-order valence-electron chi connectivity index (χ4n) is 5.27. The second-order valence-corrected chi connectivity index (χ2v) is 9.91. The van der Waals surface area contributed by atoms with Gasteiger partial charge in [0.1, 0.15) is 18.3 Å². The first-order valence-corrected chi connectivity index (χ1v) is 12.6. The molecule has 7 rings (SSSR count). The predicted molar refractivity (Wildman–Crippen MR) is 136 cm³/mol. The number of aliphatic hydroxyl groups is 1. The van der Waals surface area contributed by atoms with E-state index in [4.69, 9.17) is 25.8 Å². The molecule has 4 aromatic rings. The molecule has 0 unspecified atom stereocenters. The van der Waals surface area contributed by atoms with E-state index < -0.39 is 6.10 Å². The Bertz CT molecular complexity index is 1520. The van der Waals surface area contributed by atoms with Gasteiger partial charge in [0.15, 0.2) is 11.8 Å². The first kappa shape index (κ1) is 22.7. The van der Waals surface area contributed by atoms with Gasteiger partial charge >= 0.3 is 0 Å². The van der Waals surface area contributed by atoms with Crippen molar-refractivity contribution < 1.29 is 24.1 Å². The van der Waals surface area contributed by atoms with Crippen LogP contribution in [0.5, 0.6) is 6.01 Å². The predicted octanol–water partition coefficient (Wildman–Crippen LogP) is 3.14. The summed E-state index contributed by atoms with van der Waals surface area (Å²) < 4.78 is 17.2. The van der Waals surface area contributed by atoms with E-state index in [-0.39, 0.29) is 30.8 Å². The molecule has 2 aromatic heterocycles. The number of fused-ring (bicyclic) bond motifs is 3. The van der Waals surface area contributed by atoms with E-state index in [0.29, 0.717) is 41.0 Å². The summed E-state index contributed by atoms with van der Waals surface area (Å²) in [4.78, 5) is 24.3. The van der Waals surface area contributed by atoms with Gasteiger partial charge in [-0.1, -0.05) is 48.0 Å². The maximum Gasteiger partial charge on any atom is 0.296 e. The third-order valence-electron chi connectivity index (χ3n) is 7.17. The molecule has 0 spiro atoms. The number of aliphatic hydroxyl groups excluding tert-OH is 1. The fraction of sp³-hybridized carbons (Fsp3) is 0.296. The number of hydrogen-bond acceptors (Lipinski definition) is 7. The highest BCUT2D eigenvalue weighted by molar-refractivity contribution is 6.33. The lowest BCUT2D eigenvalue weighted by molar-refractivity contribution is 0.00706. The summed E-state index contributed by atoms with van der Waals surface area (Å²) in [5.74, 6) is -0.0161. The lowest BCUT2D eigenvalue weighted by Crippen LogP contribution is -2.34. The average Bonchev–Trinajstić information content (AvgIpc) is 3.60. The molecular weight excluding hydrogens is 496 g/mol. The van der Waals surface area contributed by atoms with Crippen LogP contribution in [0.1, 0.15) is 15.9 Å². The number of benzene rings is 2. The quantitative estimate of drug-likeness (QED) is 0.380. The van der Waals surface area contributed by atoms with E-state index in [1.54, 1.807) is 6.07 Å². The third-order valence-corrected chi connectivity index (χ3v) is 7.46. The molecule has 0 aliphatic carbocycles. The number of pyridine rings is 1. The molecule has 0 radical (unpaired) electrons. The van der Waals surface area contributed by atoms with Crippen LogP contribution in [0.2, 0.25) is 5.02 Å². The van der Waals surface area contributed by atoms with E-state index in [2.05, 4.69) is 26.3 Å². The Kier molecular flexibility index (Phi) is 5.40. The number of imidazole rings is 1. The summed E-state index contributed by atoms with van der Waals surface area (Å²) in [6, 6.07) is 16.0. The van der Waals surface area contributed by atoms with Crippen LogP contribution in [0.4, 0.5) is 0 Å². The monoisotopic (exact) mass is 518 g/mol. The molecular formula is C27H23ClN4O5. The Balaban J connectivity index is 1.13. The summed E-state index contributed by atoms with van der Waals surface area (Å²) in [5, 5.41) is 13.3. The second-order valence-electron chi connectivity index (χ2n) is 9.51. The van der Waals surface area contributed by atoms with Gasteiger partial charge < -0.3 is 29.6 Å². The Morgan fingerprint density at radius 1 is 0.973 bits per heavy atom. The van der Waals surface area contributed by atoms with E-state index in [0.717, 1.165) is 34.2 Å². The molecule has 4 atom stereocenters. The summed E-state index contributed by atoms with van der Waals surface area (Å²) in [6.07, 6.45) is -0.898. The minimum atomic E-state index is -0.641. The maximum absolute atomic E-state index is 12.0. The van der Waals surface area contributed by atoms with Gasteiger partial charge in [-0.05, 0) is 35.2 Å². The van der Waals surface area contributed by atoms with Crippen LogP contribution in [0.15, 0.2) is 48.5 Å². The number of hydrogen-bond donors (Lipinski definition) is 3. The van der Waals surface area contributed by atoms with Crippen molar-refractivity contribution in [2.75, 3.05) is 19.8 Å². The van der Waals surface area contributed by atoms with Crippen LogP contribution in [0.3, 0.4) is 0 Å². The minimum absolute atomic E-state index is 0.0161. The number of nitrogens with zero attached hydrogens (tertiary/aromatic N) is 2. The van der Waals surface area contributed by atoms with E-state index in [9.17, 15) is 9.90 Å². The molecule has 0 bridgehead atoms. The van der Waals surface area contributed by atoms with Crippen LogP contribution in [-0.4, -0.2) is 70.1 Å². The Morgan fingerprint density at radius 3 is 2.62 bits per heavy atom. The van der Waals surface area contributed by atoms with E-state index >= 15 is 0 Å². The fourth-order valence-corrected chi connectivity index (χ4v) is 5.53. The van der Waals surface area contributed by atoms with Crippen molar-refractivity contribution >= 4 is 28.7 Å². The highest BCUT2D eigenvalue weighted by atomic mass is 35.5. The summed E-state index contributed by atoms with van der Waals surface area (Å²) >= 11 is 6.60. The lowest BCUT2D eigenvalue weighted by Gasteiger charge is -2.17. The van der Waals surface area contributed by atoms with Crippen molar-refractivity contribution in [1.29, 1.82) is 0 Å². The highest BCUT2D eigenvalue weighted by Gasteiger charge is 2.48. The van der Waals surface area contributed by atoms with Gasteiger partial charge in [0.05, 0.1) is 29.4 Å². The number of carbonyl (C=O) groups excluding carboxylic acids is 1. The molecule has 3 aliphatic heterocycles. The van der Waals surface area contributed by atoms with Crippen LogP contribution < -0.4 is 10.1 Å². The Hall–Kier alpha value is -3.50. The van der Waals surface area contributed by atoms with Crippen LogP contribution in [0, 0.1) is 0 Å². The number of aromatic nitrogens is 3. The van der Waals surface area contributed by atoms with Crippen LogP contribution >= 0.6 is 11.6 Å². The van der Waals surface area contributed by atoms with Crippen LogP contribution in [-0.2, 0) is 15.9 Å². The normalized spacial score (nSPS) is 24.6. The van der Waals surface area contributed by atoms with Gasteiger partial charge in [-0.3, -0.25) is 4.79 Å². The third kappa shape index (κ3) is 3.95. The topological polar surface area (TPSA) is 119 Å². The van der Waals surface area contributed by atoms with Gasteiger partial charge in [0.2, 0.25) is 0 Å². The van der Waals surface area contributed by atoms with Gasteiger partial charge in [-0.15, -0.1) is 0 Å². The van der Waals surface area contributed by atoms with Crippen molar-refractivity contribution in [3.05, 3.63) is 64.7 Å². The Morgan fingerprint density at radius 2 is 1.76 bits per heavy atom. The standard InChI is InChI=1S/C27H23ClN4O5/c28-18-10-19-25(32-27(30-19)37-21-12-36-23-20(33)11-35-24(21)23)31-22(18)14-3-1-13(2-4-14)15-5-6-17-16(9-15)7-8-29-26(17)34/h1-6,9-10,20-21,23-24,33H,7-8,11-12H2,(H,29,34)(H,30,31,32)/t20-,21-,23-,24-/m1/s1. The molecule has 37 heavy (non-hydrogen) atoms. The number of halogens is 1. The molecule has 3 aliphatic rings. The van der Waals surface area contributed by atoms with Gasteiger partial charge in [0.25, 0.3) is 11.9 Å². The average molecular weight is 519 g/mol. The molecule has 2 saturated heterocycles. The molecule has 3 N–H and O–H groups in total. The molecule has 5 heterocycles. The molecule has 10 heteroatoms. The molecule has 188 valence electrons. The van der Waals surface area contributed by atoms with Gasteiger partial charge in [0, 0.05) is 17.7 Å². The number of carbonyl (C=O) groups is 1. The zero-order valence-corrected chi connectivity index (χ0v) is 20.4. The molecule has 2 fully saturated rings. The largest absolute Gasteiger partial charge is 0.456 e. The number of aromatic amines is 1. The first-order valence-electron chi connectivity index (χ1n) is 12.2. The van der Waals surface area contributed by atoms with Crippen molar-refractivity contribution in [3.63, 3.8) is 0 Å². The Labute approximate surface area is 216 Å². The molecule has 1 amide bonds. The highest BCUT2D eigenvalue weighted by Crippen LogP contribution is 2.33. The van der Waals surface area contributed by atoms with Crippen molar-refractivity contribution in [1.82, 2.24) is 20.3 Å². The van der Waals surface area contributed by atoms with E-state index in [1.165, 1.54) is 0 Å². The summed E-state index contributed by atoms with van der Waals surface area (Å²) in [6.45, 7) is 1.21. The smallest absolute Gasteiger partial charge is 0.296 e. The zero-order chi connectivity index (χ0) is 25.1. The lowest BCUT2D eigenvalue weighted by atomic mass is 9.94. The summed E-state index contributed by atoms with van der Waals surface area (Å²) in [7, 11) is 0. The summed E-state index contributed by atoms with van der Waals surface area (Å²) in [5.41, 5.74) is 6.52.